The summed E-state index contributed by atoms with van der Waals surface area (Å²) in [5.41, 5.74) is -1.96. The van der Waals surface area contributed by atoms with E-state index < -0.39 is 46.8 Å². The molecule has 1 heterocycles. The van der Waals surface area contributed by atoms with Crippen molar-refractivity contribution in [3.05, 3.63) is 99.3 Å². The van der Waals surface area contributed by atoms with Crippen molar-refractivity contribution in [2.45, 2.75) is 50.6 Å². The van der Waals surface area contributed by atoms with Gasteiger partial charge in [-0.1, -0.05) is 68.2 Å². The maximum atomic E-state index is 15.6. The summed E-state index contributed by atoms with van der Waals surface area (Å²) in [6.45, 7) is 5.85. The molecule has 4 atom stereocenters. The van der Waals surface area contributed by atoms with Crippen LogP contribution in [0.2, 0.25) is 10.0 Å². The zero-order valence-electron chi connectivity index (χ0n) is 21.0. The highest BCUT2D eigenvalue weighted by Crippen LogP contribution is 2.52. The van der Waals surface area contributed by atoms with Gasteiger partial charge in [-0.05, 0) is 53.8 Å². The van der Waals surface area contributed by atoms with Gasteiger partial charge >= 0.3 is 0 Å². The van der Waals surface area contributed by atoms with Gasteiger partial charge < -0.3 is 10.6 Å². The molecule has 38 heavy (non-hydrogen) atoms. The second-order valence-corrected chi connectivity index (χ2v) is 11.5. The van der Waals surface area contributed by atoms with Crippen molar-refractivity contribution < 1.29 is 18.0 Å². The fraction of sp³-hybridized carbons (Fsp3) is 0.310. The van der Waals surface area contributed by atoms with Crippen molar-refractivity contribution in [3.8, 4) is 6.07 Å². The summed E-state index contributed by atoms with van der Waals surface area (Å²) < 4.78 is 45.1. The third-order valence-electron chi connectivity index (χ3n) is 6.82. The Bertz CT molecular complexity index is 1420. The van der Waals surface area contributed by atoms with E-state index in [-0.39, 0.29) is 32.3 Å². The van der Waals surface area contributed by atoms with Crippen LogP contribution in [0.5, 0.6) is 0 Å². The molecular weight excluding hydrogens is 534 g/mol. The van der Waals surface area contributed by atoms with Gasteiger partial charge in [0.05, 0.1) is 17.1 Å². The van der Waals surface area contributed by atoms with E-state index in [1.54, 1.807) is 0 Å². The Kier molecular flexibility index (Phi) is 7.81. The number of nitriles is 1. The first-order chi connectivity index (χ1) is 17.9. The minimum absolute atomic E-state index is 0.0169. The molecular formula is C29H26Cl2F3N3O. The van der Waals surface area contributed by atoms with Crippen LogP contribution >= 0.6 is 23.2 Å². The van der Waals surface area contributed by atoms with E-state index in [0.29, 0.717) is 6.42 Å². The second-order valence-electron chi connectivity index (χ2n) is 10.7. The minimum Gasteiger partial charge on any atom is -0.325 e. The van der Waals surface area contributed by atoms with Gasteiger partial charge in [0.25, 0.3) is 0 Å². The second kappa shape index (κ2) is 10.6. The Morgan fingerprint density at radius 3 is 2.42 bits per heavy atom. The molecule has 0 spiro atoms. The highest BCUT2D eigenvalue weighted by atomic mass is 35.5. The Labute approximate surface area is 229 Å². The lowest BCUT2D eigenvalue weighted by Gasteiger charge is -2.37. The van der Waals surface area contributed by atoms with Crippen LogP contribution in [0, 0.1) is 34.2 Å². The highest BCUT2D eigenvalue weighted by Gasteiger charge is 2.61. The first-order valence-electron chi connectivity index (χ1n) is 12.0. The van der Waals surface area contributed by atoms with Gasteiger partial charge in [0.2, 0.25) is 5.91 Å². The smallest absolute Gasteiger partial charge is 0.242 e. The minimum atomic E-state index is -1.74. The molecule has 4 nitrogen and oxygen atoms in total. The van der Waals surface area contributed by atoms with Gasteiger partial charge in [0.1, 0.15) is 22.9 Å². The maximum absolute atomic E-state index is 15.6. The molecule has 1 aliphatic rings. The Balaban J connectivity index is 1.97. The van der Waals surface area contributed by atoms with E-state index in [1.807, 2.05) is 20.8 Å². The number of anilines is 1. The van der Waals surface area contributed by atoms with Gasteiger partial charge in [-0.15, -0.1) is 0 Å². The van der Waals surface area contributed by atoms with E-state index in [4.69, 9.17) is 23.2 Å². The summed E-state index contributed by atoms with van der Waals surface area (Å²) in [4.78, 5) is 13.7. The lowest BCUT2D eigenvalue weighted by molar-refractivity contribution is -0.118. The van der Waals surface area contributed by atoms with E-state index in [2.05, 4.69) is 16.7 Å². The summed E-state index contributed by atoms with van der Waals surface area (Å²) >= 11 is 12.2. The van der Waals surface area contributed by atoms with Gasteiger partial charge in [-0.3, -0.25) is 4.79 Å². The van der Waals surface area contributed by atoms with Gasteiger partial charge in [0, 0.05) is 28.2 Å². The molecule has 4 rings (SSSR count). The molecule has 0 radical (unpaired) electrons. The Hall–Kier alpha value is -3.05. The number of nitrogens with one attached hydrogen (secondary N) is 2. The number of hydrogen-bond donors (Lipinski definition) is 2. The topological polar surface area (TPSA) is 64.9 Å². The van der Waals surface area contributed by atoms with Crippen LogP contribution in [0.4, 0.5) is 18.9 Å². The van der Waals surface area contributed by atoms with Crippen molar-refractivity contribution in [3.63, 3.8) is 0 Å². The fourth-order valence-corrected chi connectivity index (χ4v) is 5.68. The average Bonchev–Trinajstić information content (AvgIpc) is 3.14. The lowest BCUT2D eigenvalue weighted by Crippen LogP contribution is -2.45. The molecule has 0 aromatic heterocycles. The number of halogens is 5. The van der Waals surface area contributed by atoms with Crippen molar-refractivity contribution >= 4 is 34.8 Å². The predicted molar refractivity (Wildman–Crippen MR) is 143 cm³/mol. The molecule has 2 N–H and O–H groups in total. The maximum Gasteiger partial charge on any atom is 0.242 e. The molecule has 1 aliphatic heterocycles. The lowest BCUT2D eigenvalue weighted by atomic mass is 9.62. The monoisotopic (exact) mass is 559 g/mol. The van der Waals surface area contributed by atoms with Gasteiger partial charge in [0.15, 0.2) is 0 Å². The molecule has 1 unspecified atom stereocenters. The van der Waals surface area contributed by atoms with Crippen LogP contribution in [-0.2, 0) is 10.2 Å². The van der Waals surface area contributed by atoms with Crippen molar-refractivity contribution in [1.82, 2.24) is 5.32 Å². The number of rotatable bonds is 5. The largest absolute Gasteiger partial charge is 0.325 e. The SMILES string of the molecule is CC(C)(C)C[C@@H]1NC(C(=O)Nc2cccc(F)c2)[C@H](c2cccc(Cl)c2F)[C@@]1(C#N)c1ccc(Cl)cc1F. The quantitative estimate of drug-likeness (QED) is 0.343. The molecule has 1 saturated heterocycles. The van der Waals surface area contributed by atoms with E-state index in [9.17, 15) is 14.4 Å². The number of hydrogen-bond acceptors (Lipinski definition) is 3. The first kappa shape index (κ1) is 28.0. The van der Waals surface area contributed by atoms with Crippen LogP contribution in [0.25, 0.3) is 0 Å². The summed E-state index contributed by atoms with van der Waals surface area (Å²) in [5, 5.41) is 16.6. The Morgan fingerprint density at radius 1 is 1.08 bits per heavy atom. The number of nitrogens with zero attached hydrogens (tertiary/aromatic N) is 1. The number of amides is 1. The van der Waals surface area contributed by atoms with E-state index in [1.165, 1.54) is 48.5 Å². The summed E-state index contributed by atoms with van der Waals surface area (Å²) in [6, 6.07) is 13.9. The number of carbonyl (C=O) groups excluding carboxylic acids is 1. The third kappa shape index (κ3) is 5.26. The summed E-state index contributed by atoms with van der Waals surface area (Å²) in [5.74, 6) is -3.96. The van der Waals surface area contributed by atoms with Gasteiger partial charge in [-0.2, -0.15) is 5.26 Å². The first-order valence-corrected chi connectivity index (χ1v) is 12.8. The molecule has 1 fully saturated rings. The molecule has 3 aromatic carbocycles. The van der Waals surface area contributed by atoms with Crippen LogP contribution in [0.3, 0.4) is 0 Å². The number of carbonyl (C=O) groups is 1. The van der Waals surface area contributed by atoms with Crippen LogP contribution in [0.15, 0.2) is 60.7 Å². The molecule has 1 amide bonds. The molecule has 9 heteroatoms. The van der Waals surface area contributed by atoms with Crippen molar-refractivity contribution in [1.29, 1.82) is 5.26 Å². The molecule has 198 valence electrons. The van der Waals surface area contributed by atoms with Gasteiger partial charge in [-0.25, -0.2) is 13.2 Å². The standard InChI is InChI=1S/C29H26Cl2F3N3O/c1-28(2,3)14-23-29(15-35,20-11-10-16(30)12-22(20)33)24(19-8-5-9-21(31)25(19)34)26(37-23)27(38)36-18-7-4-6-17(32)13-18/h4-13,23-24,26,37H,14H2,1-3H3,(H,36,38)/t23-,24-,26?,29-/m0/s1. The van der Waals surface area contributed by atoms with Crippen molar-refractivity contribution in [2.24, 2.45) is 5.41 Å². The van der Waals surface area contributed by atoms with Crippen molar-refractivity contribution in [2.75, 3.05) is 5.32 Å². The number of benzene rings is 3. The predicted octanol–water partition coefficient (Wildman–Crippen LogP) is 7.37. The summed E-state index contributed by atoms with van der Waals surface area (Å²) in [7, 11) is 0. The van der Waals surface area contributed by atoms with Crippen LogP contribution in [-0.4, -0.2) is 18.0 Å². The summed E-state index contributed by atoms with van der Waals surface area (Å²) in [6.07, 6.45) is 0.338. The zero-order valence-corrected chi connectivity index (χ0v) is 22.5. The normalized spacial score (nSPS) is 23.2. The highest BCUT2D eigenvalue weighted by molar-refractivity contribution is 6.31. The molecule has 3 aromatic rings. The Morgan fingerprint density at radius 2 is 1.79 bits per heavy atom. The third-order valence-corrected chi connectivity index (χ3v) is 7.35. The van der Waals surface area contributed by atoms with E-state index >= 15 is 8.78 Å². The molecule has 0 aliphatic carbocycles. The van der Waals surface area contributed by atoms with Crippen LogP contribution in [0.1, 0.15) is 44.2 Å². The zero-order chi connectivity index (χ0) is 27.8. The molecule has 0 bridgehead atoms. The molecule has 0 saturated carbocycles. The van der Waals surface area contributed by atoms with Crippen LogP contribution < -0.4 is 10.6 Å². The van der Waals surface area contributed by atoms with E-state index in [0.717, 1.165) is 12.1 Å². The fourth-order valence-electron chi connectivity index (χ4n) is 5.34. The average molecular weight is 560 g/mol.